The van der Waals surface area contributed by atoms with Gasteiger partial charge in [0.1, 0.15) is 0 Å². The Morgan fingerprint density at radius 1 is 1.34 bits per heavy atom. The van der Waals surface area contributed by atoms with Crippen LogP contribution in [-0.4, -0.2) is 21.5 Å². The van der Waals surface area contributed by atoms with Gasteiger partial charge in [-0.2, -0.15) is 0 Å². The van der Waals surface area contributed by atoms with Crippen LogP contribution in [0.5, 0.6) is 0 Å². The van der Waals surface area contributed by atoms with E-state index in [9.17, 15) is 13.2 Å². The highest BCUT2D eigenvalue weighted by atomic mass is 35.5. The van der Waals surface area contributed by atoms with Crippen LogP contribution in [-0.2, 0) is 24.3 Å². The number of halogens is 1. The first-order valence-electron chi connectivity index (χ1n) is 9.03. The Labute approximate surface area is 175 Å². The van der Waals surface area contributed by atoms with Crippen LogP contribution in [0.3, 0.4) is 0 Å². The van der Waals surface area contributed by atoms with Gasteiger partial charge in [0.25, 0.3) is 10.0 Å². The number of anilines is 1. The maximum absolute atomic E-state index is 13.0. The maximum atomic E-state index is 13.0. The zero-order valence-electron chi connectivity index (χ0n) is 15.8. The fourth-order valence-electron chi connectivity index (χ4n) is 3.02. The molecule has 0 atom stereocenters. The minimum Gasteiger partial charge on any atom is -0.472 e. The third-order valence-corrected chi connectivity index (χ3v) is 6.27. The predicted molar refractivity (Wildman–Crippen MR) is 111 cm³/mol. The normalized spacial score (nSPS) is 15.0. The van der Waals surface area contributed by atoms with Gasteiger partial charge in [-0.1, -0.05) is 23.4 Å². The number of fused-ring (bicyclic) bond motifs is 1. The number of carbonyl (C=O) groups excluding carboxylic acids is 1. The Balaban J connectivity index is 1.80. The number of rotatable bonds is 6. The van der Waals surface area contributed by atoms with Crippen LogP contribution in [0.4, 0.5) is 5.69 Å². The lowest BCUT2D eigenvalue weighted by atomic mass is 10.1. The molecule has 152 valence electrons. The zero-order valence-corrected chi connectivity index (χ0v) is 17.4. The molecule has 6 nitrogen and oxygen atoms in total. The number of hydrogen-bond donors (Lipinski definition) is 1. The molecule has 8 heteroatoms. The first kappa shape index (κ1) is 21.0. The van der Waals surface area contributed by atoms with Gasteiger partial charge in [0.05, 0.1) is 35.8 Å². The Hall–Kier alpha value is -2.69. The molecule has 0 spiro atoms. The Morgan fingerprint density at radius 3 is 2.97 bits per heavy atom. The average Bonchev–Trinajstić information content (AvgIpc) is 3.14. The van der Waals surface area contributed by atoms with Crippen LogP contribution < -0.4 is 4.72 Å². The number of benzene rings is 1. The highest BCUT2D eigenvalue weighted by Crippen LogP contribution is 2.38. The van der Waals surface area contributed by atoms with Crippen molar-refractivity contribution in [3.8, 4) is 11.8 Å². The quantitative estimate of drug-likeness (QED) is 0.412. The fourth-order valence-corrected chi connectivity index (χ4v) is 4.65. The number of carbonyl (C=O) groups is 1. The number of ether oxygens (including phenoxy) is 2. The molecule has 2 aliphatic rings. The predicted octanol–water partition coefficient (Wildman–Crippen LogP) is 4.25. The molecule has 1 heterocycles. The molecule has 1 aromatic carbocycles. The van der Waals surface area contributed by atoms with Crippen LogP contribution in [0.1, 0.15) is 37.7 Å². The molecule has 0 unspecified atom stereocenters. The fraction of sp³-hybridized carbons (Fsp3) is 0.286. The first-order chi connectivity index (χ1) is 13.9. The van der Waals surface area contributed by atoms with E-state index in [-0.39, 0.29) is 12.4 Å². The van der Waals surface area contributed by atoms with E-state index in [1.165, 1.54) is 13.4 Å². The van der Waals surface area contributed by atoms with Gasteiger partial charge in [0.2, 0.25) is 0 Å². The summed E-state index contributed by atoms with van der Waals surface area (Å²) in [5, 5.41) is 0.451. The standard InChI is InChI=1S/C21H20ClNO5S/c1-27-21(24)6-4-2-3-5-15-13-17(22)8-9-19(15)23-29(25,26)20-10-7-16-14-28-12-11-18(16)20/h8-9,11-14,23H,2,4,6-7,10H2,1H3. The number of sulfonamides is 1. The van der Waals surface area contributed by atoms with Crippen molar-refractivity contribution in [2.24, 2.45) is 0 Å². The second-order valence-corrected chi connectivity index (χ2v) is 8.59. The number of unbranched alkanes of at least 4 members (excludes halogenated alkanes) is 1. The molecule has 3 rings (SSSR count). The summed E-state index contributed by atoms with van der Waals surface area (Å²) in [6.45, 7) is 0. The minimum absolute atomic E-state index is 0.282. The highest BCUT2D eigenvalue weighted by Gasteiger charge is 2.29. The monoisotopic (exact) mass is 433 g/mol. The number of allylic oxidation sites excluding steroid dienone is 4. The topological polar surface area (TPSA) is 81.7 Å². The van der Waals surface area contributed by atoms with Crippen molar-refractivity contribution in [3.05, 3.63) is 63.4 Å². The van der Waals surface area contributed by atoms with Gasteiger partial charge >= 0.3 is 5.97 Å². The van der Waals surface area contributed by atoms with E-state index in [1.54, 1.807) is 30.5 Å². The number of nitrogens with one attached hydrogen (secondary N) is 1. The SMILES string of the molecule is COC(=O)CCCC#Cc1cc(Cl)ccc1NS(=O)(=O)C1=C2C=COC=C2CC1. The molecule has 1 aromatic rings. The molecule has 0 saturated carbocycles. The van der Waals surface area contributed by atoms with Gasteiger partial charge in [-0.25, -0.2) is 8.42 Å². The summed E-state index contributed by atoms with van der Waals surface area (Å²) in [5.41, 5.74) is 2.38. The van der Waals surface area contributed by atoms with E-state index in [0.717, 1.165) is 5.57 Å². The van der Waals surface area contributed by atoms with Crippen molar-refractivity contribution in [2.45, 2.75) is 32.1 Å². The van der Waals surface area contributed by atoms with E-state index in [4.69, 9.17) is 16.3 Å². The summed E-state index contributed by atoms with van der Waals surface area (Å²) in [7, 11) is -2.42. The molecule has 0 aromatic heterocycles. The van der Waals surface area contributed by atoms with Crippen LogP contribution in [0.25, 0.3) is 0 Å². The molecule has 0 fully saturated rings. The van der Waals surface area contributed by atoms with Crippen molar-refractivity contribution in [2.75, 3.05) is 11.8 Å². The minimum atomic E-state index is -3.76. The Bertz CT molecular complexity index is 1070. The number of methoxy groups -OCH3 is 1. The van der Waals surface area contributed by atoms with Gasteiger partial charge < -0.3 is 9.47 Å². The molecule has 1 N–H and O–H groups in total. The lowest BCUT2D eigenvalue weighted by Gasteiger charge is -2.12. The van der Waals surface area contributed by atoms with Gasteiger partial charge in [-0.3, -0.25) is 9.52 Å². The maximum Gasteiger partial charge on any atom is 0.305 e. The van der Waals surface area contributed by atoms with E-state index >= 15 is 0 Å². The van der Waals surface area contributed by atoms with Crippen molar-refractivity contribution in [1.82, 2.24) is 0 Å². The molecule has 1 aliphatic carbocycles. The summed E-state index contributed by atoms with van der Waals surface area (Å²) in [6.07, 6.45) is 7.04. The van der Waals surface area contributed by atoms with Crippen molar-refractivity contribution >= 4 is 33.3 Å². The van der Waals surface area contributed by atoms with Gasteiger partial charge in [0, 0.05) is 23.4 Å². The van der Waals surface area contributed by atoms with Gasteiger partial charge in [0.15, 0.2) is 0 Å². The van der Waals surface area contributed by atoms with Crippen LogP contribution >= 0.6 is 11.6 Å². The summed E-state index contributed by atoms with van der Waals surface area (Å²) in [4.78, 5) is 11.5. The Morgan fingerprint density at radius 2 is 2.17 bits per heavy atom. The van der Waals surface area contributed by atoms with E-state index in [0.29, 0.717) is 52.4 Å². The summed E-state index contributed by atoms with van der Waals surface area (Å²) >= 11 is 6.06. The van der Waals surface area contributed by atoms with Crippen molar-refractivity contribution in [3.63, 3.8) is 0 Å². The summed E-state index contributed by atoms with van der Waals surface area (Å²) in [5.74, 6) is 5.60. The number of hydrogen-bond acceptors (Lipinski definition) is 5. The van der Waals surface area contributed by atoms with E-state index < -0.39 is 10.0 Å². The van der Waals surface area contributed by atoms with Crippen LogP contribution in [0.15, 0.2) is 52.9 Å². The zero-order chi connectivity index (χ0) is 20.9. The van der Waals surface area contributed by atoms with E-state index in [2.05, 4.69) is 21.3 Å². The molecule has 0 saturated heterocycles. The van der Waals surface area contributed by atoms with Crippen molar-refractivity contribution in [1.29, 1.82) is 0 Å². The first-order valence-corrected chi connectivity index (χ1v) is 10.9. The molecule has 0 radical (unpaired) electrons. The molecule has 1 aliphatic heterocycles. The third-order valence-electron chi connectivity index (χ3n) is 4.48. The average molecular weight is 434 g/mol. The smallest absolute Gasteiger partial charge is 0.305 e. The molecule has 29 heavy (non-hydrogen) atoms. The largest absolute Gasteiger partial charge is 0.472 e. The molecular formula is C21H20ClNO5S. The van der Waals surface area contributed by atoms with E-state index in [1.807, 2.05) is 0 Å². The lowest BCUT2D eigenvalue weighted by Crippen LogP contribution is -2.16. The lowest BCUT2D eigenvalue weighted by molar-refractivity contribution is -0.140. The number of esters is 1. The molecule has 0 bridgehead atoms. The second-order valence-electron chi connectivity index (χ2n) is 6.45. The van der Waals surface area contributed by atoms with Crippen LogP contribution in [0, 0.1) is 11.8 Å². The van der Waals surface area contributed by atoms with Crippen LogP contribution in [0.2, 0.25) is 5.02 Å². The van der Waals surface area contributed by atoms with Crippen molar-refractivity contribution < 1.29 is 22.7 Å². The van der Waals surface area contributed by atoms with Gasteiger partial charge in [-0.15, -0.1) is 0 Å². The van der Waals surface area contributed by atoms with Gasteiger partial charge in [-0.05, 0) is 49.1 Å². The Kier molecular flexibility index (Phi) is 6.68. The molecule has 0 amide bonds. The second kappa shape index (κ2) is 9.21. The molecular weight excluding hydrogens is 414 g/mol. The summed E-state index contributed by atoms with van der Waals surface area (Å²) in [6, 6.07) is 4.81. The highest BCUT2D eigenvalue weighted by molar-refractivity contribution is 7.96. The third kappa shape index (κ3) is 5.22. The summed E-state index contributed by atoms with van der Waals surface area (Å²) < 4.78 is 38.3.